The average Bonchev–Trinajstić information content (AvgIpc) is 3.34. The SMILES string of the molecule is CNc1ccc(Cn2cc(-c3ccc4c(c3F)CCC(=O)N4C)c(C(C)C3CCN(C(C)=O)CC3)n2)cc1. The van der Waals surface area contributed by atoms with Crippen molar-refractivity contribution >= 4 is 23.2 Å². The Kier molecular flexibility index (Phi) is 7.23. The van der Waals surface area contributed by atoms with Crippen LogP contribution in [0.5, 0.6) is 0 Å². The molecule has 38 heavy (non-hydrogen) atoms. The fourth-order valence-corrected chi connectivity index (χ4v) is 5.87. The van der Waals surface area contributed by atoms with E-state index >= 15 is 4.39 Å². The highest BCUT2D eigenvalue weighted by Crippen LogP contribution is 2.40. The second kappa shape index (κ2) is 10.6. The van der Waals surface area contributed by atoms with Crippen LogP contribution in [0.4, 0.5) is 15.8 Å². The lowest BCUT2D eigenvalue weighted by molar-refractivity contribution is -0.130. The van der Waals surface area contributed by atoms with E-state index in [0.29, 0.717) is 42.1 Å². The van der Waals surface area contributed by atoms with Gasteiger partial charge in [-0.15, -0.1) is 0 Å². The minimum absolute atomic E-state index is 0.00738. The van der Waals surface area contributed by atoms with Crippen LogP contribution in [0.1, 0.15) is 55.8 Å². The quantitative estimate of drug-likeness (QED) is 0.497. The van der Waals surface area contributed by atoms with Gasteiger partial charge < -0.3 is 15.1 Å². The molecule has 0 saturated carbocycles. The molecule has 1 atom stereocenters. The molecule has 3 aromatic rings. The maximum absolute atomic E-state index is 16.1. The van der Waals surface area contributed by atoms with Gasteiger partial charge in [-0.3, -0.25) is 14.3 Å². The fraction of sp³-hybridized carbons (Fsp3) is 0.433. The molecule has 0 aliphatic carbocycles. The van der Waals surface area contributed by atoms with Crippen molar-refractivity contribution in [1.29, 1.82) is 0 Å². The van der Waals surface area contributed by atoms with Crippen LogP contribution in [0.15, 0.2) is 42.6 Å². The van der Waals surface area contributed by atoms with Crippen LogP contribution >= 0.6 is 0 Å². The second-order valence-corrected chi connectivity index (χ2v) is 10.6. The summed E-state index contributed by atoms with van der Waals surface area (Å²) >= 11 is 0. The van der Waals surface area contributed by atoms with Gasteiger partial charge in [0.15, 0.2) is 0 Å². The van der Waals surface area contributed by atoms with E-state index in [-0.39, 0.29) is 23.5 Å². The van der Waals surface area contributed by atoms with Gasteiger partial charge in [0.25, 0.3) is 0 Å². The first kappa shape index (κ1) is 25.9. The molecule has 8 heteroatoms. The number of benzene rings is 2. The lowest BCUT2D eigenvalue weighted by Crippen LogP contribution is -2.38. The van der Waals surface area contributed by atoms with Crippen molar-refractivity contribution in [3.05, 3.63) is 65.2 Å². The molecule has 1 saturated heterocycles. The maximum atomic E-state index is 16.1. The second-order valence-electron chi connectivity index (χ2n) is 10.6. The highest BCUT2D eigenvalue weighted by molar-refractivity contribution is 5.96. The van der Waals surface area contributed by atoms with Crippen molar-refractivity contribution in [2.45, 2.75) is 52.0 Å². The number of hydrogen-bond acceptors (Lipinski definition) is 4. The van der Waals surface area contributed by atoms with Crippen molar-refractivity contribution < 1.29 is 14.0 Å². The molecule has 0 radical (unpaired) electrons. The lowest BCUT2D eigenvalue weighted by atomic mass is 9.81. The highest BCUT2D eigenvalue weighted by atomic mass is 19.1. The van der Waals surface area contributed by atoms with E-state index in [1.54, 1.807) is 24.9 Å². The van der Waals surface area contributed by atoms with E-state index in [2.05, 4.69) is 24.4 Å². The van der Waals surface area contributed by atoms with Crippen molar-refractivity contribution in [2.24, 2.45) is 5.92 Å². The number of rotatable bonds is 6. The number of carbonyl (C=O) groups excluding carboxylic acids is 2. The van der Waals surface area contributed by atoms with Gasteiger partial charge in [0.1, 0.15) is 5.82 Å². The number of nitrogens with zero attached hydrogens (tertiary/aromatic N) is 4. The molecule has 3 heterocycles. The number of piperidine rings is 1. The topological polar surface area (TPSA) is 70.5 Å². The van der Waals surface area contributed by atoms with Crippen molar-refractivity contribution in [2.75, 3.05) is 37.4 Å². The molecule has 7 nitrogen and oxygen atoms in total. The van der Waals surface area contributed by atoms with Crippen LogP contribution in [0, 0.1) is 11.7 Å². The molecule has 0 bridgehead atoms. The largest absolute Gasteiger partial charge is 0.388 e. The van der Waals surface area contributed by atoms with Crippen molar-refractivity contribution in [3.63, 3.8) is 0 Å². The van der Waals surface area contributed by atoms with E-state index in [4.69, 9.17) is 5.10 Å². The molecular formula is C30H36FN5O2. The summed E-state index contributed by atoms with van der Waals surface area (Å²) in [4.78, 5) is 27.5. The van der Waals surface area contributed by atoms with Crippen LogP contribution in [-0.4, -0.2) is 53.7 Å². The Bertz CT molecular complexity index is 1340. The number of amides is 2. The van der Waals surface area contributed by atoms with Gasteiger partial charge in [-0.1, -0.05) is 19.1 Å². The Labute approximate surface area is 223 Å². The number of halogens is 1. The summed E-state index contributed by atoms with van der Waals surface area (Å²) in [5, 5.41) is 8.16. The third-order valence-electron chi connectivity index (χ3n) is 8.33. The summed E-state index contributed by atoms with van der Waals surface area (Å²) < 4.78 is 18.0. The fourth-order valence-electron chi connectivity index (χ4n) is 5.87. The number of anilines is 2. The summed E-state index contributed by atoms with van der Waals surface area (Å²) in [5.41, 5.74) is 5.61. The minimum Gasteiger partial charge on any atom is -0.388 e. The monoisotopic (exact) mass is 517 g/mol. The zero-order chi connectivity index (χ0) is 27.0. The predicted molar refractivity (Wildman–Crippen MR) is 148 cm³/mol. The van der Waals surface area contributed by atoms with Crippen molar-refractivity contribution in [3.8, 4) is 11.1 Å². The Morgan fingerprint density at radius 1 is 1.11 bits per heavy atom. The van der Waals surface area contributed by atoms with Gasteiger partial charge >= 0.3 is 0 Å². The average molecular weight is 518 g/mol. The molecule has 2 aliphatic heterocycles. The molecule has 1 unspecified atom stereocenters. The molecular weight excluding hydrogens is 481 g/mol. The standard InChI is InChI=1S/C30H36FN5O2/c1-19(22-13-15-35(16-14-22)20(2)37)30-26(18-36(33-30)17-21-5-7-23(32-3)8-6-21)24-9-11-27-25(29(24)31)10-12-28(38)34(27)4/h5-9,11,18-19,22,32H,10,12-17H2,1-4H3. The van der Waals surface area contributed by atoms with Crippen LogP contribution < -0.4 is 10.2 Å². The van der Waals surface area contributed by atoms with E-state index in [0.717, 1.165) is 48.4 Å². The Balaban J connectivity index is 1.51. The molecule has 2 aliphatic rings. The van der Waals surface area contributed by atoms with Crippen LogP contribution in [0.3, 0.4) is 0 Å². The molecule has 2 aromatic carbocycles. The first-order valence-corrected chi connectivity index (χ1v) is 13.4. The van der Waals surface area contributed by atoms with Gasteiger partial charge in [0.2, 0.25) is 11.8 Å². The summed E-state index contributed by atoms with van der Waals surface area (Å²) in [6.07, 6.45) is 4.48. The third-order valence-corrected chi connectivity index (χ3v) is 8.33. The third kappa shape index (κ3) is 4.91. The minimum atomic E-state index is -0.264. The zero-order valence-corrected chi connectivity index (χ0v) is 22.6. The normalized spacial score (nSPS) is 16.9. The molecule has 1 fully saturated rings. The Morgan fingerprint density at radius 3 is 2.47 bits per heavy atom. The summed E-state index contributed by atoms with van der Waals surface area (Å²) in [6, 6.07) is 11.9. The summed E-state index contributed by atoms with van der Waals surface area (Å²) in [6.45, 7) is 5.86. The summed E-state index contributed by atoms with van der Waals surface area (Å²) in [7, 11) is 3.60. The van der Waals surface area contributed by atoms with E-state index in [1.807, 2.05) is 41.0 Å². The number of fused-ring (bicyclic) bond motifs is 1. The van der Waals surface area contributed by atoms with Gasteiger partial charge in [0.05, 0.1) is 12.2 Å². The predicted octanol–water partition coefficient (Wildman–Crippen LogP) is 5.05. The molecule has 1 aromatic heterocycles. The molecule has 0 spiro atoms. The van der Waals surface area contributed by atoms with E-state index in [1.165, 1.54) is 0 Å². The lowest BCUT2D eigenvalue weighted by Gasteiger charge is -2.34. The van der Waals surface area contributed by atoms with Crippen LogP contribution in [0.2, 0.25) is 0 Å². The van der Waals surface area contributed by atoms with Gasteiger partial charge in [-0.05, 0) is 55.0 Å². The zero-order valence-electron chi connectivity index (χ0n) is 22.6. The number of carbonyl (C=O) groups is 2. The molecule has 200 valence electrons. The molecule has 1 N–H and O–H groups in total. The van der Waals surface area contributed by atoms with Gasteiger partial charge in [0, 0.05) is 80.7 Å². The van der Waals surface area contributed by atoms with Gasteiger partial charge in [-0.25, -0.2) is 4.39 Å². The number of hydrogen-bond donors (Lipinski definition) is 1. The number of likely N-dealkylation sites (tertiary alicyclic amines) is 1. The Hall–Kier alpha value is -3.68. The maximum Gasteiger partial charge on any atom is 0.227 e. The first-order chi connectivity index (χ1) is 18.3. The molecule has 2 amide bonds. The molecule has 5 rings (SSSR count). The van der Waals surface area contributed by atoms with Crippen LogP contribution in [-0.2, 0) is 22.6 Å². The highest BCUT2D eigenvalue weighted by Gasteiger charge is 2.31. The van der Waals surface area contributed by atoms with Crippen LogP contribution in [0.25, 0.3) is 11.1 Å². The Morgan fingerprint density at radius 2 is 1.82 bits per heavy atom. The number of aromatic nitrogens is 2. The van der Waals surface area contributed by atoms with E-state index in [9.17, 15) is 9.59 Å². The van der Waals surface area contributed by atoms with Crippen molar-refractivity contribution in [1.82, 2.24) is 14.7 Å². The first-order valence-electron chi connectivity index (χ1n) is 13.4. The smallest absolute Gasteiger partial charge is 0.227 e. The van der Waals surface area contributed by atoms with Gasteiger partial charge in [-0.2, -0.15) is 5.10 Å². The summed E-state index contributed by atoms with van der Waals surface area (Å²) in [5.74, 6) is 0.316. The van der Waals surface area contributed by atoms with E-state index < -0.39 is 0 Å². The number of nitrogens with one attached hydrogen (secondary N) is 1.